The Balaban J connectivity index is 1.54. The van der Waals surface area contributed by atoms with Crippen LogP contribution in [-0.4, -0.2) is 61.4 Å². The molecule has 0 aromatic heterocycles. The van der Waals surface area contributed by atoms with E-state index in [-0.39, 0.29) is 18.4 Å². The molecule has 2 heterocycles. The van der Waals surface area contributed by atoms with Crippen LogP contribution in [0.3, 0.4) is 0 Å². The number of hydrogen-bond donors (Lipinski definition) is 0. The van der Waals surface area contributed by atoms with Crippen LogP contribution < -0.4 is 4.90 Å². The molecule has 0 atom stereocenters. The lowest BCUT2D eigenvalue weighted by molar-refractivity contribution is -0.131. The van der Waals surface area contributed by atoms with Gasteiger partial charge in [-0.25, -0.2) is 0 Å². The van der Waals surface area contributed by atoms with Gasteiger partial charge in [-0.1, -0.05) is 37.0 Å². The van der Waals surface area contributed by atoms with Gasteiger partial charge in [0.05, 0.1) is 21.1 Å². The van der Waals surface area contributed by atoms with Gasteiger partial charge in [-0.3, -0.25) is 9.59 Å². The number of hydrogen-bond acceptors (Lipinski definition) is 3. The highest BCUT2D eigenvalue weighted by atomic mass is 35.5. The summed E-state index contributed by atoms with van der Waals surface area (Å²) in [7, 11) is 3.42. The Morgan fingerprint density at radius 3 is 2.25 bits per heavy atom. The number of fused-ring (bicyclic) bond motifs is 2. The topological polar surface area (TPSA) is 43.9 Å². The van der Waals surface area contributed by atoms with Crippen LogP contribution in [0, 0.1) is 11.8 Å². The smallest absolute Gasteiger partial charge is 0.242 e. The van der Waals surface area contributed by atoms with E-state index in [0.717, 1.165) is 49.0 Å². The van der Waals surface area contributed by atoms with E-state index >= 15 is 0 Å². The van der Waals surface area contributed by atoms with Crippen LogP contribution in [0.25, 0.3) is 0 Å². The molecule has 1 aliphatic carbocycles. The molecule has 1 aromatic rings. The lowest BCUT2D eigenvalue weighted by Gasteiger charge is -2.44. The average molecular weight is 480 g/mol. The lowest BCUT2D eigenvalue weighted by Crippen LogP contribution is -2.52. The van der Waals surface area contributed by atoms with Crippen molar-refractivity contribution < 1.29 is 9.59 Å². The van der Waals surface area contributed by atoms with E-state index in [1.807, 2.05) is 6.07 Å². The van der Waals surface area contributed by atoms with Crippen LogP contribution in [-0.2, 0) is 15.0 Å². The minimum Gasteiger partial charge on any atom is -0.347 e. The fourth-order valence-electron chi connectivity index (χ4n) is 5.95. The van der Waals surface area contributed by atoms with E-state index in [9.17, 15) is 9.59 Å². The number of piperidine rings is 1. The second-order valence-corrected chi connectivity index (χ2v) is 11.2. The molecule has 1 saturated heterocycles. The van der Waals surface area contributed by atoms with Gasteiger partial charge in [-0.05, 0) is 81.1 Å². The Kier molecular flexibility index (Phi) is 6.82. The van der Waals surface area contributed by atoms with Gasteiger partial charge in [-0.15, -0.1) is 0 Å². The summed E-state index contributed by atoms with van der Waals surface area (Å²) in [5.41, 5.74) is 1.07. The number of nitrogens with zero attached hydrogens (tertiary/aromatic N) is 3. The van der Waals surface area contributed by atoms with Crippen LogP contribution in [0.1, 0.15) is 57.9 Å². The van der Waals surface area contributed by atoms with Crippen LogP contribution in [0.4, 0.5) is 5.69 Å². The van der Waals surface area contributed by atoms with Crippen molar-refractivity contribution in [3.05, 3.63) is 27.7 Å². The fourth-order valence-corrected chi connectivity index (χ4v) is 6.27. The highest BCUT2D eigenvalue weighted by molar-refractivity contribution is 6.42. The van der Waals surface area contributed by atoms with Crippen molar-refractivity contribution in [3.8, 4) is 0 Å². The second-order valence-electron chi connectivity index (χ2n) is 10.4. The number of carbonyl (C=O) groups is 2. The van der Waals surface area contributed by atoms with Gasteiger partial charge in [0.1, 0.15) is 6.54 Å². The third-order valence-electron chi connectivity index (χ3n) is 8.14. The number of anilines is 1. The van der Waals surface area contributed by atoms with Gasteiger partial charge in [0.25, 0.3) is 0 Å². The van der Waals surface area contributed by atoms with E-state index in [0.29, 0.717) is 16.1 Å². The van der Waals surface area contributed by atoms with Crippen LogP contribution in [0.5, 0.6) is 0 Å². The van der Waals surface area contributed by atoms with E-state index in [1.165, 1.54) is 30.6 Å². The van der Waals surface area contributed by atoms with Crippen LogP contribution in [0.2, 0.25) is 10.0 Å². The summed E-state index contributed by atoms with van der Waals surface area (Å²) in [6.45, 7) is 6.50. The first-order valence-electron chi connectivity index (χ1n) is 11.9. The number of amides is 2. The molecule has 0 bridgehead atoms. The Morgan fingerprint density at radius 1 is 1.09 bits per heavy atom. The Labute approximate surface area is 202 Å². The molecule has 2 aliphatic heterocycles. The number of likely N-dealkylation sites (N-methyl/N-ethyl adjacent to an activating group) is 1. The molecule has 1 aromatic carbocycles. The number of rotatable bonds is 4. The van der Waals surface area contributed by atoms with Crippen molar-refractivity contribution in [1.82, 2.24) is 9.80 Å². The van der Waals surface area contributed by atoms with Gasteiger partial charge in [0.2, 0.25) is 11.8 Å². The van der Waals surface area contributed by atoms with E-state index in [1.54, 1.807) is 25.1 Å². The summed E-state index contributed by atoms with van der Waals surface area (Å²) in [5, 5.41) is 0.879. The van der Waals surface area contributed by atoms with Gasteiger partial charge in [-0.2, -0.15) is 0 Å². The molecule has 4 rings (SSSR count). The summed E-state index contributed by atoms with van der Waals surface area (Å²) in [5.74, 6) is 1.52. The molecule has 2 fully saturated rings. The summed E-state index contributed by atoms with van der Waals surface area (Å²) >= 11 is 12.7. The molecule has 0 unspecified atom stereocenters. The summed E-state index contributed by atoms with van der Waals surface area (Å²) in [6.07, 6.45) is 6.64. The van der Waals surface area contributed by atoms with Crippen molar-refractivity contribution in [2.24, 2.45) is 11.8 Å². The first-order valence-corrected chi connectivity index (χ1v) is 12.7. The summed E-state index contributed by atoms with van der Waals surface area (Å²) in [6, 6.07) is 4.24. The van der Waals surface area contributed by atoms with Crippen molar-refractivity contribution in [1.29, 1.82) is 0 Å². The Hall–Kier alpha value is -1.30. The largest absolute Gasteiger partial charge is 0.347 e. The number of carbonyl (C=O) groups excluding carboxylic acids is 2. The minimum atomic E-state index is -0.609. The van der Waals surface area contributed by atoms with Gasteiger partial charge >= 0.3 is 0 Å². The zero-order chi connectivity index (χ0) is 23.2. The average Bonchev–Trinajstić information content (AvgIpc) is 2.97. The highest BCUT2D eigenvalue weighted by Gasteiger charge is 2.53. The molecular weight excluding hydrogens is 445 g/mol. The maximum Gasteiger partial charge on any atom is 0.242 e. The van der Waals surface area contributed by atoms with E-state index in [4.69, 9.17) is 23.2 Å². The normalized spacial score (nSPS) is 25.5. The van der Waals surface area contributed by atoms with Crippen LogP contribution in [0.15, 0.2) is 12.1 Å². The molecule has 0 radical (unpaired) electrons. The summed E-state index contributed by atoms with van der Waals surface area (Å²) < 4.78 is 0. The van der Waals surface area contributed by atoms with Gasteiger partial charge in [0.15, 0.2) is 0 Å². The number of likely N-dealkylation sites (tertiary alicyclic amines) is 1. The monoisotopic (exact) mass is 479 g/mol. The molecule has 7 heteroatoms. The number of halogens is 2. The minimum absolute atomic E-state index is 0.0178. The Bertz CT molecular complexity index is 885. The third-order valence-corrected chi connectivity index (χ3v) is 8.87. The van der Waals surface area contributed by atoms with Gasteiger partial charge in [0, 0.05) is 20.1 Å². The molecule has 32 heavy (non-hydrogen) atoms. The molecular formula is C25H35Cl2N3O2. The van der Waals surface area contributed by atoms with Crippen molar-refractivity contribution in [3.63, 3.8) is 0 Å². The fraction of sp³-hybridized carbons (Fsp3) is 0.680. The molecule has 1 saturated carbocycles. The predicted molar refractivity (Wildman–Crippen MR) is 131 cm³/mol. The SMILES string of the molecule is CC(C)[C@H]1CC[C@@H](N2CCC3(CC2)C(=O)N(CC(=O)N(C)C)c2cc(Cl)c(Cl)cc23)CC1. The molecule has 1 spiro atoms. The van der Waals surface area contributed by atoms with E-state index < -0.39 is 5.41 Å². The number of benzene rings is 1. The second kappa shape index (κ2) is 9.15. The highest BCUT2D eigenvalue weighted by Crippen LogP contribution is 2.50. The molecule has 176 valence electrons. The van der Waals surface area contributed by atoms with Crippen molar-refractivity contribution in [2.75, 3.05) is 38.6 Å². The first-order chi connectivity index (χ1) is 15.1. The third kappa shape index (κ3) is 4.17. The lowest BCUT2D eigenvalue weighted by atomic mass is 9.72. The standard InChI is InChI=1S/C25H35Cl2N3O2/c1-16(2)17-5-7-18(8-6-17)29-11-9-25(10-12-29)19-13-20(26)21(27)14-22(19)30(24(25)32)15-23(31)28(3)4/h13-14,16-18H,5-12,15H2,1-4H3/t17-,18+. The zero-order valence-electron chi connectivity index (χ0n) is 19.7. The molecule has 3 aliphatic rings. The Morgan fingerprint density at radius 2 is 1.69 bits per heavy atom. The molecule has 2 amide bonds. The summed E-state index contributed by atoms with van der Waals surface area (Å²) in [4.78, 5) is 32.0. The van der Waals surface area contributed by atoms with Crippen molar-refractivity contribution >= 4 is 40.7 Å². The quantitative estimate of drug-likeness (QED) is 0.611. The zero-order valence-corrected chi connectivity index (χ0v) is 21.2. The molecule has 5 nitrogen and oxygen atoms in total. The van der Waals surface area contributed by atoms with Crippen LogP contribution >= 0.6 is 23.2 Å². The maximum absolute atomic E-state index is 13.8. The van der Waals surface area contributed by atoms with Gasteiger partial charge < -0.3 is 14.7 Å². The first kappa shape index (κ1) is 23.8. The van der Waals surface area contributed by atoms with E-state index in [2.05, 4.69) is 18.7 Å². The predicted octanol–water partition coefficient (Wildman–Crippen LogP) is 4.98. The molecule has 0 N–H and O–H groups in total. The van der Waals surface area contributed by atoms with Crippen molar-refractivity contribution in [2.45, 2.75) is 63.8 Å². The maximum atomic E-state index is 13.8.